The van der Waals surface area contributed by atoms with E-state index in [0.717, 1.165) is 0 Å². The maximum Gasteiger partial charge on any atom is 0.332 e. The Balaban J connectivity index is 2.24. The summed E-state index contributed by atoms with van der Waals surface area (Å²) in [4.78, 5) is 29.3. The second kappa shape index (κ2) is 1.57. The van der Waals surface area contributed by atoms with Crippen molar-refractivity contribution in [2.75, 3.05) is 6.54 Å². The van der Waals surface area contributed by atoms with Gasteiger partial charge >= 0.3 is 6.03 Å². The van der Waals surface area contributed by atoms with Gasteiger partial charge in [0.25, 0.3) is 5.91 Å². The van der Waals surface area contributed by atoms with Crippen LogP contribution in [0.15, 0.2) is 16.9 Å². The molecule has 5 nitrogen and oxygen atoms in total. The minimum absolute atomic E-state index is 0.0183. The third-order valence-electron chi connectivity index (χ3n) is 2.32. The van der Waals surface area contributed by atoms with Gasteiger partial charge in [-0.05, 0) is 0 Å². The summed E-state index contributed by atoms with van der Waals surface area (Å²) in [5.74, 6) is -0.215. The maximum atomic E-state index is 11.3. The summed E-state index contributed by atoms with van der Waals surface area (Å²) in [7, 11) is 0. The number of hydrogen-bond acceptors (Lipinski definition) is 3. The van der Waals surface area contributed by atoms with Crippen LogP contribution in [0.3, 0.4) is 0 Å². The predicted molar refractivity (Wildman–Crippen MR) is 39.3 cm³/mol. The normalized spacial score (nSPS) is 30.3. The topological polar surface area (TPSA) is 53.0 Å². The molecule has 1 atom stereocenters. The van der Waals surface area contributed by atoms with Crippen LogP contribution in [0, 0.1) is 0 Å². The molecular formula is C7H5N3O2. The Bertz CT molecular complexity index is 358. The molecule has 3 heterocycles. The fraction of sp³-hybridized carbons (Fsp3) is 0.286. The van der Waals surface area contributed by atoms with Crippen LogP contribution in [-0.2, 0) is 4.79 Å². The number of imide groups is 1. The minimum atomic E-state index is -0.215. The molecule has 0 aromatic carbocycles. The number of piperazine rings is 1. The highest BCUT2D eigenvalue weighted by Crippen LogP contribution is 2.31. The lowest BCUT2D eigenvalue weighted by Crippen LogP contribution is -2.40. The van der Waals surface area contributed by atoms with Crippen molar-refractivity contribution in [2.24, 2.45) is 4.99 Å². The minimum Gasteiger partial charge on any atom is -0.277 e. The highest BCUT2D eigenvalue weighted by molar-refractivity contribution is 6.15. The van der Waals surface area contributed by atoms with Gasteiger partial charge in [0.15, 0.2) is 0 Å². The largest absolute Gasteiger partial charge is 0.332 e. The van der Waals surface area contributed by atoms with Crippen molar-refractivity contribution >= 4 is 18.2 Å². The summed E-state index contributed by atoms with van der Waals surface area (Å²) in [6.07, 6.45) is 3.13. The van der Waals surface area contributed by atoms with Crippen molar-refractivity contribution in [3.63, 3.8) is 0 Å². The second-order valence-electron chi connectivity index (χ2n) is 2.95. The zero-order chi connectivity index (χ0) is 8.29. The SMILES string of the molecule is O=C1C2=CN=CC3CN1C(=O)N23. The van der Waals surface area contributed by atoms with Gasteiger partial charge in [-0.15, -0.1) is 0 Å². The molecule has 3 rings (SSSR count). The first-order valence-electron chi connectivity index (χ1n) is 3.67. The highest BCUT2D eigenvalue weighted by Gasteiger charge is 2.52. The van der Waals surface area contributed by atoms with Crippen LogP contribution in [0.2, 0.25) is 0 Å². The molecule has 0 N–H and O–H groups in total. The van der Waals surface area contributed by atoms with Crippen molar-refractivity contribution in [3.8, 4) is 0 Å². The Hall–Kier alpha value is -1.65. The molecular weight excluding hydrogens is 158 g/mol. The van der Waals surface area contributed by atoms with E-state index in [4.69, 9.17) is 0 Å². The third kappa shape index (κ3) is 0.431. The Labute approximate surface area is 68.0 Å². The van der Waals surface area contributed by atoms with Gasteiger partial charge < -0.3 is 0 Å². The molecule has 0 saturated carbocycles. The van der Waals surface area contributed by atoms with Gasteiger partial charge in [-0.1, -0.05) is 0 Å². The first-order chi connectivity index (χ1) is 5.79. The van der Waals surface area contributed by atoms with Crippen molar-refractivity contribution in [3.05, 3.63) is 11.9 Å². The van der Waals surface area contributed by atoms with Gasteiger partial charge in [0.05, 0.1) is 18.8 Å². The van der Waals surface area contributed by atoms with Gasteiger partial charge in [0.2, 0.25) is 0 Å². The van der Waals surface area contributed by atoms with Gasteiger partial charge in [0.1, 0.15) is 5.70 Å². The molecule has 0 radical (unpaired) electrons. The molecule has 0 aliphatic carbocycles. The van der Waals surface area contributed by atoms with E-state index in [2.05, 4.69) is 4.99 Å². The van der Waals surface area contributed by atoms with Crippen LogP contribution < -0.4 is 0 Å². The second-order valence-corrected chi connectivity index (χ2v) is 2.95. The van der Waals surface area contributed by atoms with E-state index in [1.807, 2.05) is 0 Å². The van der Waals surface area contributed by atoms with Crippen molar-refractivity contribution in [2.45, 2.75) is 6.04 Å². The number of carbonyl (C=O) groups excluding carboxylic acids is 2. The molecule has 12 heavy (non-hydrogen) atoms. The Morgan fingerprint density at radius 2 is 2.33 bits per heavy atom. The molecule has 0 spiro atoms. The Kier molecular flexibility index (Phi) is 0.778. The van der Waals surface area contributed by atoms with E-state index in [9.17, 15) is 9.59 Å². The average Bonchev–Trinajstić information content (AvgIpc) is 2.51. The Morgan fingerprint density at radius 1 is 1.50 bits per heavy atom. The summed E-state index contributed by atoms with van der Waals surface area (Å²) >= 11 is 0. The van der Waals surface area contributed by atoms with Gasteiger partial charge in [-0.2, -0.15) is 0 Å². The number of nitrogens with zero attached hydrogens (tertiary/aromatic N) is 3. The van der Waals surface area contributed by atoms with E-state index >= 15 is 0 Å². The van der Waals surface area contributed by atoms with Crippen LogP contribution in [0.1, 0.15) is 0 Å². The number of urea groups is 1. The lowest BCUT2D eigenvalue weighted by atomic mass is 10.2. The van der Waals surface area contributed by atoms with Crippen molar-refractivity contribution in [1.29, 1.82) is 0 Å². The van der Waals surface area contributed by atoms with Gasteiger partial charge in [-0.3, -0.25) is 19.6 Å². The van der Waals surface area contributed by atoms with Crippen molar-refractivity contribution < 1.29 is 9.59 Å². The lowest BCUT2D eigenvalue weighted by molar-refractivity contribution is -0.124. The van der Waals surface area contributed by atoms with E-state index in [1.54, 1.807) is 6.21 Å². The van der Waals surface area contributed by atoms with E-state index in [0.29, 0.717) is 12.2 Å². The third-order valence-corrected chi connectivity index (χ3v) is 2.32. The molecule has 3 aliphatic rings. The fourth-order valence-electron chi connectivity index (χ4n) is 1.76. The molecule has 5 heteroatoms. The fourth-order valence-corrected chi connectivity index (χ4v) is 1.76. The van der Waals surface area contributed by atoms with Crippen LogP contribution >= 0.6 is 0 Å². The monoisotopic (exact) mass is 163 g/mol. The number of amides is 3. The predicted octanol–water partition coefficient (Wildman–Crippen LogP) is -0.441. The number of aliphatic imine (C=N–C) groups is 1. The smallest absolute Gasteiger partial charge is 0.277 e. The molecule has 3 aliphatic heterocycles. The molecule has 60 valence electrons. The zero-order valence-electron chi connectivity index (χ0n) is 6.10. The molecule has 1 unspecified atom stereocenters. The summed E-state index contributed by atoms with van der Waals surface area (Å²) in [5.41, 5.74) is 0.416. The quantitative estimate of drug-likeness (QED) is 0.454. The van der Waals surface area contributed by atoms with E-state index in [1.165, 1.54) is 16.0 Å². The number of rotatable bonds is 0. The standard InChI is InChI=1S/C7H5N3O2/c11-6-5-2-8-1-4-3-9(6)7(12)10(4)5/h1-2,4H,3H2. The van der Waals surface area contributed by atoms with Crippen LogP contribution in [0.4, 0.5) is 4.79 Å². The van der Waals surface area contributed by atoms with Crippen LogP contribution in [0.5, 0.6) is 0 Å². The lowest BCUT2D eigenvalue weighted by Gasteiger charge is -2.23. The summed E-state index contributed by atoms with van der Waals surface area (Å²) in [6.45, 7) is 0.457. The van der Waals surface area contributed by atoms with E-state index in [-0.39, 0.29) is 18.0 Å². The summed E-state index contributed by atoms with van der Waals surface area (Å²) in [6, 6.07) is -0.224. The molecule has 2 bridgehead atoms. The summed E-state index contributed by atoms with van der Waals surface area (Å²) in [5, 5.41) is 0. The van der Waals surface area contributed by atoms with Gasteiger partial charge in [-0.25, -0.2) is 4.79 Å². The Morgan fingerprint density at radius 3 is 3.00 bits per heavy atom. The van der Waals surface area contributed by atoms with Crippen molar-refractivity contribution in [1.82, 2.24) is 9.80 Å². The first-order valence-corrected chi connectivity index (χ1v) is 3.67. The average molecular weight is 163 g/mol. The maximum absolute atomic E-state index is 11.3. The number of carbonyl (C=O) groups is 2. The highest BCUT2D eigenvalue weighted by atomic mass is 16.2. The first kappa shape index (κ1) is 5.93. The van der Waals surface area contributed by atoms with Crippen LogP contribution in [-0.4, -0.2) is 40.5 Å². The summed E-state index contributed by atoms with van der Waals surface area (Å²) < 4.78 is 0. The van der Waals surface area contributed by atoms with Crippen LogP contribution in [0.25, 0.3) is 0 Å². The zero-order valence-corrected chi connectivity index (χ0v) is 6.10. The van der Waals surface area contributed by atoms with E-state index < -0.39 is 0 Å². The molecule has 0 aromatic rings. The molecule has 2 fully saturated rings. The molecule has 3 amide bonds. The molecule has 2 saturated heterocycles. The number of fused-ring (bicyclic) bond motifs is 1. The number of hydrogen-bond donors (Lipinski definition) is 0. The van der Waals surface area contributed by atoms with Gasteiger partial charge in [0, 0.05) is 6.21 Å². The molecule has 0 aromatic heterocycles.